The molecular weight excluding hydrogens is 176 g/mol. The molecule has 0 radical (unpaired) electrons. The van der Waals surface area contributed by atoms with E-state index >= 15 is 0 Å². The van der Waals surface area contributed by atoms with Gasteiger partial charge in [-0.3, -0.25) is 0 Å². The lowest BCUT2D eigenvalue weighted by Crippen LogP contribution is -2.36. The fourth-order valence-corrected chi connectivity index (χ4v) is 1.55. The molecule has 0 amide bonds. The number of hydrogen-bond donors (Lipinski definition) is 1. The Labute approximate surface area is 85.9 Å². The van der Waals surface area contributed by atoms with Crippen LogP contribution in [0.2, 0.25) is 0 Å². The van der Waals surface area contributed by atoms with Gasteiger partial charge in [-0.25, -0.2) is 0 Å². The maximum absolute atomic E-state index is 5.68. The summed E-state index contributed by atoms with van der Waals surface area (Å²) in [7, 11) is 2.10. The Hall–Kier alpha value is -0.800. The summed E-state index contributed by atoms with van der Waals surface area (Å²) in [5, 5.41) is 0. The quantitative estimate of drug-likeness (QED) is 0.779. The van der Waals surface area contributed by atoms with Gasteiger partial charge in [0.2, 0.25) is 0 Å². The van der Waals surface area contributed by atoms with Crippen molar-refractivity contribution < 1.29 is 4.42 Å². The number of furan rings is 1. The van der Waals surface area contributed by atoms with Crippen molar-refractivity contribution in [3.05, 3.63) is 24.2 Å². The Morgan fingerprint density at radius 1 is 1.50 bits per heavy atom. The Kier molecular flexibility index (Phi) is 3.72. The molecule has 0 fully saturated rings. The molecule has 3 nitrogen and oxygen atoms in total. The topological polar surface area (TPSA) is 42.4 Å². The Morgan fingerprint density at radius 2 is 2.21 bits per heavy atom. The van der Waals surface area contributed by atoms with Gasteiger partial charge in [0, 0.05) is 18.7 Å². The van der Waals surface area contributed by atoms with Crippen molar-refractivity contribution in [1.29, 1.82) is 0 Å². The van der Waals surface area contributed by atoms with Gasteiger partial charge in [-0.15, -0.1) is 0 Å². The van der Waals surface area contributed by atoms with Crippen LogP contribution in [0, 0.1) is 5.41 Å². The first-order valence-corrected chi connectivity index (χ1v) is 4.93. The summed E-state index contributed by atoms with van der Waals surface area (Å²) in [6.45, 7) is 6.98. The summed E-state index contributed by atoms with van der Waals surface area (Å²) in [5.74, 6) is 0. The molecule has 0 saturated heterocycles. The molecule has 1 aromatic rings. The predicted octanol–water partition coefficient (Wildman–Crippen LogP) is 1.70. The van der Waals surface area contributed by atoms with Crippen LogP contribution in [0.3, 0.4) is 0 Å². The van der Waals surface area contributed by atoms with E-state index in [1.54, 1.807) is 12.5 Å². The van der Waals surface area contributed by atoms with E-state index in [0.29, 0.717) is 6.54 Å². The SMILES string of the molecule is CN(Cc1ccoc1)CC(C)(C)CN. The zero-order chi connectivity index (χ0) is 10.6. The van der Waals surface area contributed by atoms with Gasteiger partial charge in [0.1, 0.15) is 0 Å². The predicted molar refractivity (Wildman–Crippen MR) is 57.9 cm³/mol. The Morgan fingerprint density at radius 3 is 2.71 bits per heavy atom. The summed E-state index contributed by atoms with van der Waals surface area (Å²) in [5.41, 5.74) is 7.07. The summed E-state index contributed by atoms with van der Waals surface area (Å²) in [6, 6.07) is 1.99. The minimum atomic E-state index is 0.179. The smallest absolute Gasteiger partial charge is 0.0947 e. The van der Waals surface area contributed by atoms with Crippen molar-refractivity contribution >= 4 is 0 Å². The molecule has 0 unspecified atom stereocenters. The van der Waals surface area contributed by atoms with E-state index in [-0.39, 0.29) is 5.41 Å². The average Bonchev–Trinajstić information content (AvgIpc) is 2.55. The second-order valence-corrected chi connectivity index (χ2v) is 4.67. The summed E-state index contributed by atoms with van der Waals surface area (Å²) < 4.78 is 5.02. The fraction of sp³-hybridized carbons (Fsp3) is 0.636. The van der Waals surface area contributed by atoms with Gasteiger partial charge in [0.25, 0.3) is 0 Å². The third-order valence-electron chi connectivity index (χ3n) is 2.28. The van der Waals surface area contributed by atoms with Gasteiger partial charge in [-0.1, -0.05) is 13.8 Å². The normalized spacial score (nSPS) is 12.4. The van der Waals surface area contributed by atoms with Crippen LogP contribution in [0.15, 0.2) is 23.0 Å². The van der Waals surface area contributed by atoms with Gasteiger partial charge in [0.05, 0.1) is 12.5 Å². The lowest BCUT2D eigenvalue weighted by atomic mass is 9.93. The summed E-state index contributed by atoms with van der Waals surface area (Å²) in [6.07, 6.45) is 3.49. The molecule has 14 heavy (non-hydrogen) atoms. The molecule has 1 heterocycles. The average molecular weight is 196 g/mol. The summed E-state index contributed by atoms with van der Waals surface area (Å²) >= 11 is 0. The van der Waals surface area contributed by atoms with Gasteiger partial charge in [0.15, 0.2) is 0 Å². The van der Waals surface area contributed by atoms with Crippen LogP contribution in [0.5, 0.6) is 0 Å². The molecule has 1 aromatic heterocycles. The monoisotopic (exact) mass is 196 g/mol. The van der Waals surface area contributed by atoms with Gasteiger partial charge < -0.3 is 15.1 Å². The molecule has 0 aliphatic carbocycles. The fourth-order valence-electron chi connectivity index (χ4n) is 1.55. The van der Waals surface area contributed by atoms with Crippen molar-refractivity contribution in [3.63, 3.8) is 0 Å². The van der Waals surface area contributed by atoms with E-state index in [4.69, 9.17) is 10.2 Å². The third-order valence-corrected chi connectivity index (χ3v) is 2.28. The van der Waals surface area contributed by atoms with Crippen LogP contribution in [0.25, 0.3) is 0 Å². The van der Waals surface area contributed by atoms with E-state index in [0.717, 1.165) is 13.1 Å². The molecule has 0 bridgehead atoms. The highest BCUT2D eigenvalue weighted by Crippen LogP contribution is 2.15. The van der Waals surface area contributed by atoms with Gasteiger partial charge in [-0.2, -0.15) is 0 Å². The first-order chi connectivity index (χ1) is 6.53. The van der Waals surface area contributed by atoms with Crippen molar-refractivity contribution in [2.75, 3.05) is 20.1 Å². The molecule has 0 spiro atoms. The van der Waals surface area contributed by atoms with Gasteiger partial charge >= 0.3 is 0 Å². The zero-order valence-corrected chi connectivity index (χ0v) is 9.29. The lowest BCUT2D eigenvalue weighted by Gasteiger charge is -2.28. The molecule has 0 saturated carbocycles. The van der Waals surface area contributed by atoms with Crippen LogP contribution < -0.4 is 5.73 Å². The van der Waals surface area contributed by atoms with Gasteiger partial charge in [-0.05, 0) is 25.1 Å². The third kappa shape index (κ3) is 3.52. The molecule has 0 atom stereocenters. The zero-order valence-electron chi connectivity index (χ0n) is 9.29. The van der Waals surface area contributed by atoms with E-state index in [9.17, 15) is 0 Å². The van der Waals surface area contributed by atoms with Crippen molar-refractivity contribution in [1.82, 2.24) is 4.90 Å². The molecule has 3 heteroatoms. The van der Waals surface area contributed by atoms with Crippen LogP contribution in [0.4, 0.5) is 0 Å². The molecule has 80 valence electrons. The molecular formula is C11H20N2O. The molecule has 0 aromatic carbocycles. The molecule has 1 rings (SSSR count). The minimum Gasteiger partial charge on any atom is -0.472 e. The minimum absolute atomic E-state index is 0.179. The molecule has 0 aliphatic heterocycles. The number of hydrogen-bond acceptors (Lipinski definition) is 3. The van der Waals surface area contributed by atoms with E-state index in [1.165, 1.54) is 5.56 Å². The van der Waals surface area contributed by atoms with Crippen LogP contribution in [-0.4, -0.2) is 25.0 Å². The van der Waals surface area contributed by atoms with Crippen molar-refractivity contribution in [2.45, 2.75) is 20.4 Å². The van der Waals surface area contributed by atoms with E-state index in [1.807, 2.05) is 6.07 Å². The van der Waals surface area contributed by atoms with Crippen LogP contribution >= 0.6 is 0 Å². The van der Waals surface area contributed by atoms with Crippen LogP contribution in [0.1, 0.15) is 19.4 Å². The van der Waals surface area contributed by atoms with E-state index in [2.05, 4.69) is 25.8 Å². The first-order valence-electron chi connectivity index (χ1n) is 4.93. The maximum atomic E-state index is 5.68. The maximum Gasteiger partial charge on any atom is 0.0947 e. The highest BCUT2D eigenvalue weighted by Gasteiger charge is 2.17. The number of rotatable bonds is 5. The lowest BCUT2D eigenvalue weighted by molar-refractivity contribution is 0.209. The van der Waals surface area contributed by atoms with E-state index < -0.39 is 0 Å². The second-order valence-electron chi connectivity index (χ2n) is 4.67. The molecule has 2 N–H and O–H groups in total. The second kappa shape index (κ2) is 4.62. The van der Waals surface area contributed by atoms with Crippen molar-refractivity contribution in [3.8, 4) is 0 Å². The molecule has 0 aliphatic rings. The highest BCUT2D eigenvalue weighted by molar-refractivity contribution is 5.04. The van der Waals surface area contributed by atoms with Crippen LogP contribution in [-0.2, 0) is 6.54 Å². The summed E-state index contributed by atoms with van der Waals surface area (Å²) in [4.78, 5) is 2.26. The highest BCUT2D eigenvalue weighted by atomic mass is 16.3. The Balaban J connectivity index is 2.40. The largest absolute Gasteiger partial charge is 0.472 e. The standard InChI is InChI=1S/C11H20N2O/c1-11(2,8-12)9-13(3)6-10-4-5-14-7-10/h4-5,7H,6,8-9,12H2,1-3H3. The Bertz CT molecular complexity index is 254. The first kappa shape index (κ1) is 11.3. The van der Waals surface area contributed by atoms with Crippen molar-refractivity contribution in [2.24, 2.45) is 11.1 Å². The number of nitrogens with zero attached hydrogens (tertiary/aromatic N) is 1. The number of nitrogens with two attached hydrogens (primary N) is 1.